The summed E-state index contributed by atoms with van der Waals surface area (Å²) >= 11 is 0. The van der Waals surface area contributed by atoms with Crippen molar-refractivity contribution in [1.29, 1.82) is 0 Å². The van der Waals surface area contributed by atoms with Gasteiger partial charge in [0.2, 0.25) is 0 Å². The summed E-state index contributed by atoms with van der Waals surface area (Å²) in [7, 11) is 6.28. The molecule has 0 saturated heterocycles. The monoisotopic (exact) mass is 360 g/mol. The Bertz CT molecular complexity index is 736. The van der Waals surface area contributed by atoms with E-state index in [0.717, 1.165) is 5.56 Å². The molecule has 2 aromatic rings. The van der Waals surface area contributed by atoms with Gasteiger partial charge in [0, 0.05) is 31.0 Å². The Hall–Kier alpha value is -2.93. The van der Waals surface area contributed by atoms with Crippen molar-refractivity contribution < 1.29 is 23.7 Å². The molecular formula is C19H24N2O5. The molecule has 2 N–H and O–H groups in total. The number of nitrogens with one attached hydrogen (secondary N) is 2. The summed E-state index contributed by atoms with van der Waals surface area (Å²) in [6.45, 7) is 0.288. The van der Waals surface area contributed by atoms with E-state index in [2.05, 4.69) is 10.6 Å². The predicted octanol–water partition coefficient (Wildman–Crippen LogP) is 3.22. The molecule has 2 rings (SSSR count). The minimum Gasteiger partial charge on any atom is -0.496 e. The number of carbonyl (C=O) groups is 1. The Morgan fingerprint density at radius 3 is 2.27 bits per heavy atom. The van der Waals surface area contributed by atoms with Gasteiger partial charge in [-0.05, 0) is 18.2 Å². The largest absolute Gasteiger partial charge is 0.496 e. The van der Waals surface area contributed by atoms with Gasteiger partial charge in [0.15, 0.2) is 11.5 Å². The van der Waals surface area contributed by atoms with E-state index in [0.29, 0.717) is 22.9 Å². The predicted molar refractivity (Wildman–Crippen MR) is 99.3 cm³/mol. The van der Waals surface area contributed by atoms with Crippen LogP contribution >= 0.6 is 0 Å². The standard InChI is InChI=1S/C19H24N2O5/c1-23-15-8-6-5-7-14(15)18(26-4)12-20-19(22)21-13-9-10-16(24-2)17(11-13)25-3/h5-11,18H,12H2,1-4H3,(H2,20,21,22). The first-order chi connectivity index (χ1) is 12.6. The van der Waals surface area contributed by atoms with E-state index < -0.39 is 0 Å². The molecule has 0 fully saturated rings. The van der Waals surface area contributed by atoms with E-state index in [4.69, 9.17) is 18.9 Å². The molecule has 2 aromatic carbocycles. The molecule has 0 saturated carbocycles. The lowest BCUT2D eigenvalue weighted by molar-refractivity contribution is 0.102. The Balaban J connectivity index is 1.99. The highest BCUT2D eigenvalue weighted by atomic mass is 16.5. The molecule has 140 valence electrons. The molecule has 0 bridgehead atoms. The third-order valence-corrected chi connectivity index (χ3v) is 3.86. The fourth-order valence-corrected chi connectivity index (χ4v) is 2.53. The third-order valence-electron chi connectivity index (χ3n) is 3.86. The average molecular weight is 360 g/mol. The van der Waals surface area contributed by atoms with Crippen LogP contribution in [-0.2, 0) is 4.74 Å². The maximum atomic E-state index is 12.2. The SMILES string of the molecule is COc1ccc(NC(=O)NCC(OC)c2ccccc2OC)cc1OC. The molecule has 7 heteroatoms. The summed E-state index contributed by atoms with van der Waals surface area (Å²) in [5.74, 6) is 1.84. The molecule has 1 unspecified atom stereocenters. The van der Waals surface area contributed by atoms with Gasteiger partial charge < -0.3 is 29.6 Å². The highest BCUT2D eigenvalue weighted by Crippen LogP contribution is 2.30. The summed E-state index contributed by atoms with van der Waals surface area (Å²) in [5, 5.41) is 5.55. The first kappa shape index (κ1) is 19.4. The van der Waals surface area contributed by atoms with Gasteiger partial charge in [-0.2, -0.15) is 0 Å². The topological polar surface area (TPSA) is 78.1 Å². The lowest BCUT2D eigenvalue weighted by atomic mass is 10.1. The second-order valence-electron chi connectivity index (χ2n) is 5.37. The van der Waals surface area contributed by atoms with Gasteiger partial charge in [-0.25, -0.2) is 4.79 Å². The van der Waals surface area contributed by atoms with Gasteiger partial charge in [0.05, 0.1) is 21.3 Å². The number of amides is 2. The number of rotatable bonds is 8. The minimum absolute atomic E-state index is 0.288. The lowest BCUT2D eigenvalue weighted by Gasteiger charge is -2.19. The number of anilines is 1. The first-order valence-electron chi connectivity index (χ1n) is 8.05. The maximum Gasteiger partial charge on any atom is 0.319 e. The number of ether oxygens (including phenoxy) is 4. The Morgan fingerprint density at radius 2 is 1.62 bits per heavy atom. The molecule has 0 aliphatic rings. The van der Waals surface area contributed by atoms with Crippen molar-refractivity contribution in [3.8, 4) is 17.2 Å². The van der Waals surface area contributed by atoms with E-state index in [-0.39, 0.29) is 18.7 Å². The Morgan fingerprint density at radius 1 is 0.923 bits per heavy atom. The summed E-state index contributed by atoms with van der Waals surface area (Å²) in [6.07, 6.45) is -0.331. The summed E-state index contributed by atoms with van der Waals surface area (Å²) < 4.78 is 21.2. The van der Waals surface area contributed by atoms with Crippen LogP contribution in [0.2, 0.25) is 0 Å². The van der Waals surface area contributed by atoms with Gasteiger partial charge in [-0.1, -0.05) is 18.2 Å². The molecule has 0 aromatic heterocycles. The zero-order valence-electron chi connectivity index (χ0n) is 15.4. The van der Waals surface area contributed by atoms with Crippen LogP contribution in [-0.4, -0.2) is 41.0 Å². The van der Waals surface area contributed by atoms with Crippen LogP contribution in [0.15, 0.2) is 42.5 Å². The molecule has 1 atom stereocenters. The number of hydrogen-bond donors (Lipinski definition) is 2. The lowest BCUT2D eigenvalue weighted by Crippen LogP contribution is -2.33. The Kier molecular flexibility index (Phi) is 7.11. The van der Waals surface area contributed by atoms with Crippen molar-refractivity contribution in [3.63, 3.8) is 0 Å². The van der Waals surface area contributed by atoms with Crippen molar-refractivity contribution in [2.24, 2.45) is 0 Å². The van der Waals surface area contributed by atoms with Crippen molar-refractivity contribution in [3.05, 3.63) is 48.0 Å². The molecule has 2 amide bonds. The molecule has 0 aliphatic heterocycles. The van der Waals surface area contributed by atoms with Gasteiger partial charge in [0.1, 0.15) is 11.9 Å². The fourth-order valence-electron chi connectivity index (χ4n) is 2.53. The molecule has 0 spiro atoms. The smallest absolute Gasteiger partial charge is 0.319 e. The van der Waals surface area contributed by atoms with Crippen LogP contribution in [0.25, 0.3) is 0 Å². The quantitative estimate of drug-likeness (QED) is 0.756. The number of para-hydroxylation sites is 1. The van der Waals surface area contributed by atoms with Crippen LogP contribution < -0.4 is 24.8 Å². The second-order valence-corrected chi connectivity index (χ2v) is 5.37. The van der Waals surface area contributed by atoms with E-state index >= 15 is 0 Å². The number of methoxy groups -OCH3 is 4. The molecule has 26 heavy (non-hydrogen) atoms. The number of carbonyl (C=O) groups excluding carboxylic acids is 1. The van der Waals surface area contributed by atoms with Gasteiger partial charge in [-0.15, -0.1) is 0 Å². The summed E-state index contributed by atoms with van der Waals surface area (Å²) in [5.41, 5.74) is 1.45. The third kappa shape index (κ3) is 4.80. The van der Waals surface area contributed by atoms with Crippen LogP contribution in [0.3, 0.4) is 0 Å². The summed E-state index contributed by atoms with van der Waals surface area (Å²) in [6, 6.07) is 12.3. The highest BCUT2D eigenvalue weighted by Gasteiger charge is 2.16. The highest BCUT2D eigenvalue weighted by molar-refractivity contribution is 5.89. The van der Waals surface area contributed by atoms with Crippen LogP contribution in [0.1, 0.15) is 11.7 Å². The second kappa shape index (κ2) is 9.53. The summed E-state index contributed by atoms with van der Waals surface area (Å²) in [4.78, 5) is 12.2. The van der Waals surface area contributed by atoms with E-state index in [1.54, 1.807) is 39.5 Å². The first-order valence-corrected chi connectivity index (χ1v) is 8.05. The maximum absolute atomic E-state index is 12.2. The number of urea groups is 1. The van der Waals surface area contributed by atoms with Crippen molar-refractivity contribution in [2.75, 3.05) is 40.3 Å². The van der Waals surface area contributed by atoms with E-state index in [9.17, 15) is 4.79 Å². The molecule has 0 radical (unpaired) electrons. The van der Waals surface area contributed by atoms with Gasteiger partial charge >= 0.3 is 6.03 Å². The van der Waals surface area contributed by atoms with Crippen LogP contribution in [0.5, 0.6) is 17.2 Å². The molecule has 7 nitrogen and oxygen atoms in total. The van der Waals surface area contributed by atoms with Crippen molar-refractivity contribution in [2.45, 2.75) is 6.10 Å². The normalized spacial score (nSPS) is 11.4. The molecule has 0 heterocycles. The van der Waals surface area contributed by atoms with Crippen molar-refractivity contribution >= 4 is 11.7 Å². The van der Waals surface area contributed by atoms with E-state index in [1.807, 2.05) is 24.3 Å². The van der Waals surface area contributed by atoms with Crippen LogP contribution in [0, 0.1) is 0 Å². The zero-order chi connectivity index (χ0) is 18.9. The van der Waals surface area contributed by atoms with Gasteiger partial charge in [-0.3, -0.25) is 0 Å². The van der Waals surface area contributed by atoms with Crippen molar-refractivity contribution in [1.82, 2.24) is 5.32 Å². The van der Waals surface area contributed by atoms with Crippen LogP contribution in [0.4, 0.5) is 10.5 Å². The minimum atomic E-state index is -0.353. The Labute approximate surface area is 153 Å². The van der Waals surface area contributed by atoms with E-state index in [1.165, 1.54) is 7.11 Å². The number of hydrogen-bond acceptors (Lipinski definition) is 5. The van der Waals surface area contributed by atoms with Gasteiger partial charge in [0.25, 0.3) is 0 Å². The average Bonchev–Trinajstić information content (AvgIpc) is 2.68. The number of benzene rings is 2. The molecular weight excluding hydrogens is 336 g/mol. The molecule has 0 aliphatic carbocycles. The zero-order valence-corrected chi connectivity index (χ0v) is 15.4. The fraction of sp³-hybridized carbons (Fsp3) is 0.316.